The lowest BCUT2D eigenvalue weighted by molar-refractivity contribution is -0.141. The maximum Gasteiger partial charge on any atom is 0.433 e. The van der Waals surface area contributed by atoms with Crippen molar-refractivity contribution >= 4 is 21.4 Å². The van der Waals surface area contributed by atoms with Crippen molar-refractivity contribution in [1.29, 1.82) is 4.78 Å². The molecule has 0 saturated carbocycles. The Morgan fingerprint density at radius 1 is 1.13 bits per heavy atom. The number of rotatable bonds is 6. The minimum absolute atomic E-state index is 0.0433. The minimum atomic E-state index is -4.73. The van der Waals surface area contributed by atoms with E-state index in [0.717, 1.165) is 12.3 Å². The number of methoxy groups -OCH3 is 1. The second kappa shape index (κ2) is 8.46. The first-order valence-electron chi connectivity index (χ1n) is 8.67. The number of benzene rings is 1. The zero-order valence-corrected chi connectivity index (χ0v) is 17.1. The van der Waals surface area contributed by atoms with Gasteiger partial charge in [-0.05, 0) is 29.8 Å². The summed E-state index contributed by atoms with van der Waals surface area (Å²) in [5, 5.41) is 2.67. The lowest BCUT2D eigenvalue weighted by Crippen LogP contribution is -2.12. The molecule has 2 aromatic heterocycles. The van der Waals surface area contributed by atoms with E-state index in [1.807, 2.05) is 0 Å². The van der Waals surface area contributed by atoms with E-state index in [9.17, 15) is 21.8 Å². The molecule has 3 aromatic rings. The van der Waals surface area contributed by atoms with Crippen LogP contribution in [0.2, 0.25) is 0 Å². The molecular formula is C19H17F4N5O2S. The van der Waals surface area contributed by atoms with Gasteiger partial charge in [-0.3, -0.25) is 4.78 Å². The average molecular weight is 455 g/mol. The predicted octanol–water partition coefficient (Wildman–Crippen LogP) is 4.63. The second-order valence-electron chi connectivity index (χ2n) is 6.65. The van der Waals surface area contributed by atoms with Crippen LogP contribution in [0.4, 0.5) is 29.2 Å². The molecule has 0 amide bonds. The largest absolute Gasteiger partial charge is 0.496 e. The van der Waals surface area contributed by atoms with Gasteiger partial charge in [0, 0.05) is 33.7 Å². The van der Waals surface area contributed by atoms with Crippen LogP contribution in [0.1, 0.15) is 11.3 Å². The van der Waals surface area contributed by atoms with Crippen molar-refractivity contribution in [2.24, 2.45) is 0 Å². The third-order valence-electron chi connectivity index (χ3n) is 3.98. The van der Waals surface area contributed by atoms with E-state index in [1.165, 1.54) is 43.8 Å². The van der Waals surface area contributed by atoms with Crippen molar-refractivity contribution in [3.05, 3.63) is 59.8 Å². The summed E-state index contributed by atoms with van der Waals surface area (Å²) in [6, 6.07) is 7.31. The van der Waals surface area contributed by atoms with Crippen LogP contribution in [-0.2, 0) is 21.7 Å². The molecule has 0 fully saturated rings. The van der Waals surface area contributed by atoms with Crippen LogP contribution in [0.3, 0.4) is 0 Å². The summed E-state index contributed by atoms with van der Waals surface area (Å²) in [5.41, 5.74) is -0.358. The molecule has 2 heterocycles. The number of aromatic nitrogens is 3. The second-order valence-corrected chi connectivity index (χ2v) is 8.95. The summed E-state index contributed by atoms with van der Waals surface area (Å²) >= 11 is 0. The van der Waals surface area contributed by atoms with Crippen LogP contribution < -0.4 is 10.1 Å². The third kappa shape index (κ3) is 5.87. The van der Waals surface area contributed by atoms with Crippen LogP contribution in [0.15, 0.2) is 42.7 Å². The van der Waals surface area contributed by atoms with Gasteiger partial charge in [0.1, 0.15) is 35.2 Å². The number of alkyl halides is 3. The zero-order chi connectivity index (χ0) is 22.8. The molecule has 0 spiro atoms. The van der Waals surface area contributed by atoms with E-state index in [2.05, 4.69) is 20.3 Å². The highest BCUT2D eigenvalue weighted by Gasteiger charge is 2.33. The van der Waals surface area contributed by atoms with E-state index in [-0.39, 0.29) is 28.7 Å². The zero-order valence-electron chi connectivity index (χ0n) is 16.3. The molecule has 0 aliphatic rings. The number of hydrogen-bond acceptors (Lipinski definition) is 7. The Morgan fingerprint density at radius 3 is 2.52 bits per heavy atom. The van der Waals surface area contributed by atoms with Crippen LogP contribution in [0, 0.1) is 10.6 Å². The van der Waals surface area contributed by atoms with Gasteiger partial charge in [-0.2, -0.15) is 13.2 Å². The van der Waals surface area contributed by atoms with Gasteiger partial charge in [-0.15, -0.1) is 0 Å². The molecule has 164 valence electrons. The molecule has 0 bridgehead atoms. The normalized spacial score (nSPS) is 13.5. The molecule has 31 heavy (non-hydrogen) atoms. The summed E-state index contributed by atoms with van der Waals surface area (Å²) < 4.78 is 77.6. The van der Waals surface area contributed by atoms with E-state index >= 15 is 0 Å². The van der Waals surface area contributed by atoms with E-state index in [4.69, 9.17) is 9.52 Å². The highest BCUT2D eigenvalue weighted by Crippen LogP contribution is 2.32. The monoisotopic (exact) mass is 455 g/mol. The topological polar surface area (TPSA) is 101 Å². The molecule has 12 heteroatoms. The first kappa shape index (κ1) is 22.4. The number of halogens is 4. The average Bonchev–Trinajstić information content (AvgIpc) is 2.66. The standard InChI is InChI=1S/C19H17F4N5O2S/c1-30-15-7-12(20)3-4-13(15)14-8-17(26-10-25-14)28-18-6-11(9-31(2,24)29)5-16(27-18)19(21,22)23/h3-8,10,24H,9H2,1-2H3,(H,25,26,27,28). The Morgan fingerprint density at radius 2 is 1.87 bits per heavy atom. The van der Waals surface area contributed by atoms with E-state index in [1.54, 1.807) is 0 Å². The van der Waals surface area contributed by atoms with Crippen molar-refractivity contribution in [2.45, 2.75) is 11.9 Å². The van der Waals surface area contributed by atoms with Gasteiger partial charge in [0.25, 0.3) is 0 Å². The smallest absolute Gasteiger partial charge is 0.433 e. The minimum Gasteiger partial charge on any atom is -0.496 e. The Kier molecular flexibility index (Phi) is 6.11. The van der Waals surface area contributed by atoms with Crippen molar-refractivity contribution in [2.75, 3.05) is 18.7 Å². The van der Waals surface area contributed by atoms with Gasteiger partial charge in [0.05, 0.1) is 18.6 Å². The first-order valence-corrected chi connectivity index (χ1v) is 10.8. The molecule has 0 saturated heterocycles. The lowest BCUT2D eigenvalue weighted by Gasteiger charge is -2.13. The molecule has 7 nitrogen and oxygen atoms in total. The predicted molar refractivity (Wildman–Crippen MR) is 107 cm³/mol. The van der Waals surface area contributed by atoms with Gasteiger partial charge in [0.15, 0.2) is 0 Å². The van der Waals surface area contributed by atoms with Crippen molar-refractivity contribution in [3.8, 4) is 17.0 Å². The van der Waals surface area contributed by atoms with E-state index < -0.39 is 27.4 Å². The number of nitrogens with zero attached hydrogens (tertiary/aromatic N) is 3. The van der Waals surface area contributed by atoms with Gasteiger partial charge in [-0.25, -0.2) is 23.6 Å². The van der Waals surface area contributed by atoms with Crippen LogP contribution in [-0.4, -0.2) is 32.5 Å². The van der Waals surface area contributed by atoms with Crippen LogP contribution in [0.5, 0.6) is 5.75 Å². The quantitative estimate of drug-likeness (QED) is 0.526. The van der Waals surface area contributed by atoms with Crippen molar-refractivity contribution in [3.63, 3.8) is 0 Å². The third-order valence-corrected chi connectivity index (χ3v) is 4.86. The van der Waals surface area contributed by atoms with Gasteiger partial charge in [-0.1, -0.05) is 0 Å². The molecule has 0 radical (unpaired) electrons. The number of nitrogens with one attached hydrogen (secondary N) is 2. The van der Waals surface area contributed by atoms with Crippen LogP contribution >= 0.6 is 0 Å². The highest BCUT2D eigenvalue weighted by atomic mass is 32.2. The number of anilines is 2. The number of ether oxygens (including phenoxy) is 1. The highest BCUT2D eigenvalue weighted by molar-refractivity contribution is 7.90. The van der Waals surface area contributed by atoms with Crippen molar-refractivity contribution in [1.82, 2.24) is 15.0 Å². The Labute approximate surface area is 175 Å². The summed E-state index contributed by atoms with van der Waals surface area (Å²) in [4.78, 5) is 11.6. The Hall–Kier alpha value is -3.28. The Bertz CT molecular complexity index is 1220. The van der Waals surface area contributed by atoms with Crippen LogP contribution in [0.25, 0.3) is 11.3 Å². The van der Waals surface area contributed by atoms with E-state index in [0.29, 0.717) is 11.3 Å². The summed E-state index contributed by atoms with van der Waals surface area (Å²) in [6.45, 7) is 0. The maximum absolute atomic E-state index is 13.4. The maximum atomic E-state index is 13.4. The molecule has 1 atom stereocenters. The summed E-state index contributed by atoms with van der Waals surface area (Å²) in [5.74, 6) is -0.718. The molecule has 2 N–H and O–H groups in total. The summed E-state index contributed by atoms with van der Waals surface area (Å²) in [6.07, 6.45) is -2.42. The molecular weight excluding hydrogens is 438 g/mol. The SMILES string of the molecule is COc1cc(F)ccc1-c1cc(Nc2cc(CS(C)(=N)=O)cc(C(F)(F)F)n2)ncn1. The first-order chi connectivity index (χ1) is 14.4. The fourth-order valence-corrected chi connectivity index (χ4v) is 3.58. The number of hydrogen-bond donors (Lipinski definition) is 2. The molecule has 0 aliphatic heterocycles. The molecule has 0 aliphatic carbocycles. The fraction of sp³-hybridized carbons (Fsp3) is 0.211. The number of pyridine rings is 1. The lowest BCUT2D eigenvalue weighted by atomic mass is 10.1. The van der Waals surface area contributed by atoms with Gasteiger partial charge >= 0.3 is 6.18 Å². The summed E-state index contributed by atoms with van der Waals surface area (Å²) in [7, 11) is -1.71. The van der Waals surface area contributed by atoms with Crippen molar-refractivity contribution < 1.29 is 26.5 Å². The fourth-order valence-electron chi connectivity index (χ4n) is 2.78. The van der Waals surface area contributed by atoms with Gasteiger partial charge in [0.2, 0.25) is 0 Å². The molecule has 3 rings (SSSR count). The molecule has 1 aromatic carbocycles. The van der Waals surface area contributed by atoms with Gasteiger partial charge < -0.3 is 10.1 Å². The molecule has 1 unspecified atom stereocenters. The Balaban J connectivity index is 1.99.